The van der Waals surface area contributed by atoms with E-state index in [9.17, 15) is 31.5 Å². The van der Waals surface area contributed by atoms with Crippen LogP contribution in [0.2, 0.25) is 0 Å². The maximum atomic E-state index is 14.4. The summed E-state index contributed by atoms with van der Waals surface area (Å²) >= 11 is 0. The van der Waals surface area contributed by atoms with Gasteiger partial charge in [0.2, 0.25) is 5.91 Å². The lowest BCUT2D eigenvalue weighted by molar-refractivity contribution is -0.141. The summed E-state index contributed by atoms with van der Waals surface area (Å²) in [5.41, 5.74) is -0.825. The van der Waals surface area contributed by atoms with Gasteiger partial charge in [0.25, 0.3) is 0 Å². The third-order valence-electron chi connectivity index (χ3n) is 7.28. The number of benzene rings is 2. The van der Waals surface area contributed by atoms with Crippen LogP contribution >= 0.6 is 0 Å². The molecular formula is C29H34F5N3O3. The third-order valence-corrected chi connectivity index (χ3v) is 7.28. The first-order valence-electron chi connectivity index (χ1n) is 13.4. The van der Waals surface area contributed by atoms with Crippen molar-refractivity contribution in [1.82, 2.24) is 15.5 Å². The van der Waals surface area contributed by atoms with Crippen LogP contribution in [-0.4, -0.2) is 60.9 Å². The van der Waals surface area contributed by atoms with Crippen LogP contribution in [0.15, 0.2) is 36.4 Å². The molecule has 0 radical (unpaired) electrons. The number of carbonyl (C=O) groups is 2. The second-order valence-corrected chi connectivity index (χ2v) is 11.5. The van der Waals surface area contributed by atoms with E-state index in [2.05, 4.69) is 10.2 Å². The van der Waals surface area contributed by atoms with Crippen molar-refractivity contribution in [2.75, 3.05) is 26.2 Å². The number of hydrogen-bond acceptors (Lipinski definition) is 4. The molecule has 4 rings (SSSR count). The van der Waals surface area contributed by atoms with Gasteiger partial charge in [0, 0.05) is 19.1 Å². The predicted molar refractivity (Wildman–Crippen MR) is 140 cm³/mol. The summed E-state index contributed by atoms with van der Waals surface area (Å²) in [6.07, 6.45) is -3.33. The molecule has 6 nitrogen and oxygen atoms in total. The average molecular weight is 568 g/mol. The first kappa shape index (κ1) is 29.8. The lowest BCUT2D eigenvalue weighted by Crippen LogP contribution is -2.47. The number of alkyl halides is 3. The van der Waals surface area contributed by atoms with E-state index in [1.54, 1.807) is 20.8 Å². The normalized spacial score (nSPS) is 18.2. The topological polar surface area (TPSA) is 70.7 Å². The minimum atomic E-state index is -4.65. The van der Waals surface area contributed by atoms with Gasteiger partial charge in [0.05, 0.1) is 0 Å². The number of nitrogens with zero attached hydrogens (tertiary/aromatic N) is 1. The minimum absolute atomic E-state index is 0.0665. The summed E-state index contributed by atoms with van der Waals surface area (Å²) in [4.78, 5) is 27.8. The minimum Gasteiger partial charge on any atom is -0.444 e. The summed E-state index contributed by atoms with van der Waals surface area (Å²) < 4.78 is 73.3. The number of unbranched alkanes of at least 4 members (excludes halogenated alkanes) is 1. The fraction of sp³-hybridized carbons (Fsp3) is 0.517. The number of fused-ring (bicyclic) bond motifs is 3. The van der Waals surface area contributed by atoms with Gasteiger partial charge in [-0.3, -0.25) is 4.79 Å². The number of carbonyl (C=O) groups excluding carboxylic acids is 2. The molecule has 1 heterocycles. The highest BCUT2D eigenvalue weighted by molar-refractivity contribution is 6.00. The van der Waals surface area contributed by atoms with E-state index in [4.69, 9.17) is 4.74 Å². The van der Waals surface area contributed by atoms with E-state index in [1.165, 1.54) is 24.3 Å². The monoisotopic (exact) mass is 567 g/mol. The Kier molecular flexibility index (Phi) is 8.44. The molecule has 1 aliphatic carbocycles. The second-order valence-electron chi connectivity index (χ2n) is 11.5. The smallest absolute Gasteiger partial charge is 0.407 e. The van der Waals surface area contributed by atoms with Crippen LogP contribution in [0.1, 0.15) is 57.6 Å². The summed E-state index contributed by atoms with van der Waals surface area (Å²) in [5.74, 6) is -2.22. The van der Waals surface area contributed by atoms with Crippen molar-refractivity contribution in [2.24, 2.45) is 0 Å². The molecule has 1 atom stereocenters. The van der Waals surface area contributed by atoms with Crippen molar-refractivity contribution in [3.63, 3.8) is 0 Å². The number of halogens is 5. The Hall–Kier alpha value is -3.21. The van der Waals surface area contributed by atoms with Crippen molar-refractivity contribution in [1.29, 1.82) is 0 Å². The summed E-state index contributed by atoms with van der Waals surface area (Å²) in [7, 11) is 0. The molecule has 1 aliphatic heterocycles. The van der Waals surface area contributed by atoms with Crippen LogP contribution in [-0.2, 0) is 14.9 Å². The molecule has 0 saturated carbocycles. The molecule has 0 bridgehead atoms. The van der Waals surface area contributed by atoms with Gasteiger partial charge in [-0.05, 0) is 93.1 Å². The Morgan fingerprint density at radius 3 is 2.15 bits per heavy atom. The third kappa shape index (κ3) is 6.74. The summed E-state index contributed by atoms with van der Waals surface area (Å²) in [6.45, 7) is 5.77. The SMILES string of the molecule is CC(C)(C)OC(=O)NC1CCN(CCCCC2(C(=O)NCC(F)(F)F)c3cc(F)ccc3-c3ccc(F)cc32)C1. The van der Waals surface area contributed by atoms with E-state index in [0.29, 0.717) is 37.1 Å². The fourth-order valence-electron chi connectivity index (χ4n) is 5.67. The second kappa shape index (κ2) is 11.3. The van der Waals surface area contributed by atoms with Gasteiger partial charge < -0.3 is 20.3 Å². The van der Waals surface area contributed by atoms with Gasteiger partial charge in [-0.25, -0.2) is 13.6 Å². The van der Waals surface area contributed by atoms with Crippen molar-refractivity contribution in [3.8, 4) is 11.1 Å². The predicted octanol–water partition coefficient (Wildman–Crippen LogP) is 5.68. The summed E-state index contributed by atoms with van der Waals surface area (Å²) in [5, 5.41) is 4.84. The van der Waals surface area contributed by atoms with Crippen LogP contribution in [0.3, 0.4) is 0 Å². The standard InChI is InChI=1S/C29H34F5N3O3/c1-27(2,3)40-26(39)36-20-10-13-37(16-20)12-5-4-11-28(25(38)35-17-29(32,33)34)23-14-18(30)6-8-21(23)22-9-7-19(31)15-24(22)28/h6-9,14-15,20H,4-5,10-13,16-17H2,1-3H3,(H,35,38)(H,36,39). The molecule has 40 heavy (non-hydrogen) atoms. The van der Waals surface area contributed by atoms with Crippen molar-refractivity contribution in [3.05, 3.63) is 59.2 Å². The number of likely N-dealkylation sites (tertiary alicyclic amines) is 1. The number of nitrogens with one attached hydrogen (secondary N) is 2. The Balaban J connectivity index is 1.49. The molecule has 11 heteroatoms. The van der Waals surface area contributed by atoms with Crippen LogP contribution in [0.4, 0.5) is 26.7 Å². The number of amides is 2. The highest BCUT2D eigenvalue weighted by Gasteiger charge is 2.49. The van der Waals surface area contributed by atoms with Crippen LogP contribution < -0.4 is 10.6 Å². The highest BCUT2D eigenvalue weighted by atomic mass is 19.4. The molecule has 0 spiro atoms. The van der Waals surface area contributed by atoms with E-state index in [-0.39, 0.29) is 23.6 Å². The van der Waals surface area contributed by atoms with Crippen LogP contribution in [0, 0.1) is 11.6 Å². The molecule has 2 amide bonds. The van der Waals surface area contributed by atoms with Crippen LogP contribution in [0.25, 0.3) is 11.1 Å². The van der Waals surface area contributed by atoms with Gasteiger partial charge in [-0.2, -0.15) is 13.2 Å². The number of hydrogen-bond donors (Lipinski definition) is 2. The van der Waals surface area contributed by atoms with E-state index < -0.39 is 47.4 Å². The average Bonchev–Trinajstić information content (AvgIpc) is 3.38. The van der Waals surface area contributed by atoms with Gasteiger partial charge in [-0.15, -0.1) is 0 Å². The molecule has 1 fully saturated rings. The van der Waals surface area contributed by atoms with Crippen LogP contribution in [0.5, 0.6) is 0 Å². The maximum Gasteiger partial charge on any atom is 0.407 e. The van der Waals surface area contributed by atoms with Gasteiger partial charge in [-0.1, -0.05) is 18.6 Å². The lowest BCUT2D eigenvalue weighted by Gasteiger charge is -2.31. The van der Waals surface area contributed by atoms with Gasteiger partial charge in [0.1, 0.15) is 29.2 Å². The molecule has 2 aliphatic rings. The Bertz CT molecular complexity index is 1210. The molecule has 2 N–H and O–H groups in total. The molecule has 2 aromatic carbocycles. The Labute approximate surface area is 230 Å². The zero-order chi connectivity index (χ0) is 29.3. The lowest BCUT2D eigenvalue weighted by atomic mass is 9.73. The molecule has 0 aromatic heterocycles. The maximum absolute atomic E-state index is 14.4. The zero-order valence-corrected chi connectivity index (χ0v) is 22.8. The molecule has 1 unspecified atom stereocenters. The van der Waals surface area contributed by atoms with Gasteiger partial charge in [0.15, 0.2) is 0 Å². The van der Waals surface area contributed by atoms with E-state index >= 15 is 0 Å². The van der Waals surface area contributed by atoms with Crippen molar-refractivity contribution < 1.29 is 36.3 Å². The molecular weight excluding hydrogens is 533 g/mol. The van der Waals surface area contributed by atoms with E-state index in [1.807, 2.05) is 5.32 Å². The molecule has 1 saturated heterocycles. The van der Waals surface area contributed by atoms with Crippen molar-refractivity contribution >= 4 is 12.0 Å². The molecule has 2 aromatic rings. The largest absolute Gasteiger partial charge is 0.444 e. The first-order chi connectivity index (χ1) is 18.7. The summed E-state index contributed by atoms with van der Waals surface area (Å²) in [6, 6.07) is 7.62. The zero-order valence-electron chi connectivity index (χ0n) is 22.8. The Morgan fingerprint density at radius 2 is 1.60 bits per heavy atom. The number of rotatable bonds is 8. The fourth-order valence-corrected chi connectivity index (χ4v) is 5.67. The Morgan fingerprint density at radius 1 is 1.00 bits per heavy atom. The highest BCUT2D eigenvalue weighted by Crippen LogP contribution is 2.52. The molecule has 218 valence electrons. The van der Waals surface area contributed by atoms with Crippen molar-refractivity contribution in [2.45, 2.75) is 69.7 Å². The number of alkyl carbamates (subject to hydrolysis) is 1. The van der Waals surface area contributed by atoms with E-state index in [0.717, 1.165) is 25.1 Å². The number of ether oxygens (including phenoxy) is 1. The van der Waals surface area contributed by atoms with Gasteiger partial charge >= 0.3 is 12.3 Å². The first-order valence-corrected chi connectivity index (χ1v) is 13.4. The quantitative estimate of drug-likeness (QED) is 0.318.